The third-order valence-electron chi connectivity index (χ3n) is 3.37. The van der Waals surface area contributed by atoms with Crippen LogP contribution in [-0.4, -0.2) is 16.5 Å². The van der Waals surface area contributed by atoms with Gasteiger partial charge in [-0.15, -0.1) is 0 Å². The minimum absolute atomic E-state index is 0.572. The zero-order valence-electron chi connectivity index (χ0n) is 8.59. The predicted molar refractivity (Wildman–Crippen MR) is 59.0 cm³/mol. The lowest BCUT2D eigenvalue weighted by Crippen LogP contribution is -2.26. The van der Waals surface area contributed by atoms with Gasteiger partial charge in [0.2, 0.25) is 0 Å². The summed E-state index contributed by atoms with van der Waals surface area (Å²) < 4.78 is 0. The molecule has 0 atom stereocenters. The van der Waals surface area contributed by atoms with E-state index in [1.165, 1.54) is 19.3 Å². The number of aromatic nitrogens is 2. The van der Waals surface area contributed by atoms with E-state index in [2.05, 4.69) is 15.3 Å². The predicted octanol–water partition coefficient (Wildman–Crippen LogP) is 2.04. The molecule has 1 aromatic heterocycles. The highest BCUT2D eigenvalue weighted by molar-refractivity contribution is 6.30. The molecule has 3 rings (SSSR count). The summed E-state index contributed by atoms with van der Waals surface area (Å²) in [5, 5.41) is 3.96. The van der Waals surface area contributed by atoms with E-state index in [4.69, 9.17) is 11.6 Å². The summed E-state index contributed by atoms with van der Waals surface area (Å²) in [6, 6.07) is 0. The van der Waals surface area contributed by atoms with Gasteiger partial charge >= 0.3 is 0 Å². The van der Waals surface area contributed by atoms with Crippen LogP contribution in [0.2, 0.25) is 5.15 Å². The molecule has 4 heteroatoms. The summed E-state index contributed by atoms with van der Waals surface area (Å²) in [4.78, 5) is 9.08. The van der Waals surface area contributed by atoms with Crippen molar-refractivity contribution >= 4 is 11.6 Å². The average Bonchev–Trinajstić information content (AvgIpc) is 2.15. The molecule has 2 aliphatic rings. The molecule has 3 nitrogen and oxygen atoms in total. The molecule has 1 aromatic rings. The van der Waals surface area contributed by atoms with Crippen LogP contribution >= 0.6 is 11.6 Å². The zero-order valence-corrected chi connectivity index (χ0v) is 9.35. The van der Waals surface area contributed by atoms with Crippen molar-refractivity contribution in [3.63, 3.8) is 0 Å². The first-order valence-electron chi connectivity index (χ1n) is 5.60. The number of nitrogens with zero attached hydrogens (tertiary/aromatic N) is 2. The van der Waals surface area contributed by atoms with Gasteiger partial charge < -0.3 is 5.32 Å². The zero-order chi connectivity index (χ0) is 10.3. The van der Waals surface area contributed by atoms with Gasteiger partial charge in [-0.3, -0.25) is 0 Å². The molecule has 1 saturated carbocycles. The van der Waals surface area contributed by atoms with Crippen LogP contribution in [0.5, 0.6) is 0 Å². The molecule has 0 radical (unpaired) electrons. The van der Waals surface area contributed by atoms with Gasteiger partial charge in [0.25, 0.3) is 0 Å². The number of halogens is 1. The van der Waals surface area contributed by atoms with Crippen molar-refractivity contribution < 1.29 is 0 Å². The Balaban J connectivity index is 2.00. The highest BCUT2D eigenvalue weighted by Crippen LogP contribution is 2.35. The van der Waals surface area contributed by atoms with Crippen LogP contribution in [0.4, 0.5) is 0 Å². The van der Waals surface area contributed by atoms with Crippen LogP contribution in [-0.2, 0) is 13.0 Å². The SMILES string of the molecule is Clc1nc(C2CCC2)nc2c1CNCC2. The first-order chi connectivity index (χ1) is 7.34. The van der Waals surface area contributed by atoms with Gasteiger partial charge in [-0.25, -0.2) is 9.97 Å². The number of hydrogen-bond acceptors (Lipinski definition) is 3. The second-order valence-electron chi connectivity index (χ2n) is 4.35. The Morgan fingerprint density at radius 3 is 2.87 bits per heavy atom. The van der Waals surface area contributed by atoms with Gasteiger partial charge in [-0.05, 0) is 12.8 Å². The van der Waals surface area contributed by atoms with Gasteiger partial charge in [-0.1, -0.05) is 18.0 Å². The largest absolute Gasteiger partial charge is 0.312 e. The summed E-state index contributed by atoms with van der Waals surface area (Å²) in [6.07, 6.45) is 4.75. The Labute approximate surface area is 94.3 Å². The second-order valence-corrected chi connectivity index (χ2v) is 4.71. The molecule has 1 aliphatic carbocycles. The molecule has 0 spiro atoms. The molecule has 1 N–H and O–H groups in total. The first kappa shape index (κ1) is 9.55. The lowest BCUT2D eigenvalue weighted by Gasteiger charge is -2.26. The Bertz CT molecular complexity index is 388. The van der Waals surface area contributed by atoms with Crippen molar-refractivity contribution in [1.29, 1.82) is 0 Å². The van der Waals surface area contributed by atoms with Crippen LogP contribution in [0.1, 0.15) is 42.3 Å². The van der Waals surface area contributed by atoms with E-state index in [0.717, 1.165) is 36.6 Å². The van der Waals surface area contributed by atoms with Crippen LogP contribution in [0.25, 0.3) is 0 Å². The molecule has 0 amide bonds. The van der Waals surface area contributed by atoms with Crippen LogP contribution < -0.4 is 5.32 Å². The van der Waals surface area contributed by atoms with Crippen LogP contribution in [0, 0.1) is 0 Å². The molecule has 0 bridgehead atoms. The Morgan fingerprint density at radius 2 is 2.13 bits per heavy atom. The fraction of sp³-hybridized carbons (Fsp3) is 0.636. The minimum atomic E-state index is 0.572. The van der Waals surface area contributed by atoms with E-state index < -0.39 is 0 Å². The van der Waals surface area contributed by atoms with E-state index in [1.807, 2.05) is 0 Å². The van der Waals surface area contributed by atoms with Gasteiger partial charge in [0.05, 0.1) is 5.69 Å². The van der Waals surface area contributed by atoms with Crippen LogP contribution in [0.15, 0.2) is 0 Å². The van der Waals surface area contributed by atoms with E-state index in [1.54, 1.807) is 0 Å². The maximum Gasteiger partial charge on any atom is 0.137 e. The molecule has 15 heavy (non-hydrogen) atoms. The fourth-order valence-corrected chi connectivity index (χ4v) is 2.43. The van der Waals surface area contributed by atoms with E-state index in [0.29, 0.717) is 11.1 Å². The Hall–Kier alpha value is -0.670. The Morgan fingerprint density at radius 1 is 1.27 bits per heavy atom. The van der Waals surface area contributed by atoms with Gasteiger partial charge in [0.1, 0.15) is 11.0 Å². The highest BCUT2D eigenvalue weighted by atomic mass is 35.5. The molecule has 1 aliphatic heterocycles. The van der Waals surface area contributed by atoms with Gasteiger partial charge in [-0.2, -0.15) is 0 Å². The molecular weight excluding hydrogens is 210 g/mol. The molecule has 80 valence electrons. The number of hydrogen-bond donors (Lipinski definition) is 1. The van der Waals surface area contributed by atoms with Crippen molar-refractivity contribution in [1.82, 2.24) is 15.3 Å². The number of nitrogens with one attached hydrogen (secondary N) is 1. The minimum Gasteiger partial charge on any atom is -0.312 e. The van der Waals surface area contributed by atoms with Gasteiger partial charge in [0.15, 0.2) is 0 Å². The average molecular weight is 224 g/mol. The summed E-state index contributed by atoms with van der Waals surface area (Å²) in [5.41, 5.74) is 2.27. The third-order valence-corrected chi connectivity index (χ3v) is 3.68. The lowest BCUT2D eigenvalue weighted by molar-refractivity contribution is 0.399. The van der Waals surface area contributed by atoms with E-state index >= 15 is 0 Å². The number of fused-ring (bicyclic) bond motifs is 1. The maximum absolute atomic E-state index is 6.18. The fourth-order valence-electron chi connectivity index (χ4n) is 2.17. The molecule has 1 fully saturated rings. The van der Waals surface area contributed by atoms with Crippen molar-refractivity contribution in [3.8, 4) is 0 Å². The molecular formula is C11H14ClN3. The quantitative estimate of drug-likeness (QED) is 0.741. The van der Waals surface area contributed by atoms with Crippen molar-refractivity contribution in [2.24, 2.45) is 0 Å². The highest BCUT2D eigenvalue weighted by Gasteiger charge is 2.25. The van der Waals surface area contributed by atoms with Crippen molar-refractivity contribution in [2.45, 2.75) is 38.1 Å². The third kappa shape index (κ3) is 1.64. The number of rotatable bonds is 1. The molecule has 0 aromatic carbocycles. The second kappa shape index (κ2) is 3.72. The van der Waals surface area contributed by atoms with Crippen molar-refractivity contribution in [2.75, 3.05) is 6.54 Å². The summed E-state index contributed by atoms with van der Waals surface area (Å²) in [7, 11) is 0. The molecule has 0 saturated heterocycles. The van der Waals surface area contributed by atoms with E-state index in [-0.39, 0.29) is 0 Å². The van der Waals surface area contributed by atoms with Crippen molar-refractivity contribution in [3.05, 3.63) is 22.2 Å². The molecule has 0 unspecified atom stereocenters. The standard InChI is InChI=1S/C11H14ClN3/c12-10-8-6-13-5-4-9(8)14-11(15-10)7-2-1-3-7/h7,13H,1-6H2. The first-order valence-corrected chi connectivity index (χ1v) is 5.98. The topological polar surface area (TPSA) is 37.8 Å². The van der Waals surface area contributed by atoms with Gasteiger partial charge in [0, 0.05) is 31.0 Å². The van der Waals surface area contributed by atoms with E-state index in [9.17, 15) is 0 Å². The maximum atomic E-state index is 6.18. The summed E-state index contributed by atoms with van der Waals surface area (Å²) in [5.74, 6) is 1.55. The summed E-state index contributed by atoms with van der Waals surface area (Å²) in [6.45, 7) is 1.82. The normalized spacial score (nSPS) is 20.9. The lowest BCUT2D eigenvalue weighted by atomic mass is 9.84. The summed E-state index contributed by atoms with van der Waals surface area (Å²) >= 11 is 6.18. The van der Waals surface area contributed by atoms with Crippen LogP contribution in [0.3, 0.4) is 0 Å². The monoisotopic (exact) mass is 223 g/mol. The Kier molecular flexibility index (Phi) is 2.37. The smallest absolute Gasteiger partial charge is 0.137 e. The molecule has 2 heterocycles.